The number of carbonyl (C=O) groups is 1. The molecular weight excluding hydrogens is 532 g/mol. The van der Waals surface area contributed by atoms with Crippen molar-refractivity contribution in [2.75, 3.05) is 20.8 Å². The highest BCUT2D eigenvalue weighted by molar-refractivity contribution is 9.10. The largest absolute Gasteiger partial charge is 0.493 e. The molecule has 180 valence electrons. The molecule has 0 radical (unpaired) electrons. The lowest BCUT2D eigenvalue weighted by atomic mass is 9.95. The smallest absolute Gasteiger partial charge is 0.338 e. The second-order valence-corrected chi connectivity index (χ2v) is 9.56. The van der Waals surface area contributed by atoms with E-state index in [-0.39, 0.29) is 17.7 Å². The molecule has 0 N–H and O–H groups in total. The predicted molar refractivity (Wildman–Crippen MR) is 139 cm³/mol. The van der Waals surface area contributed by atoms with Crippen molar-refractivity contribution in [3.05, 3.63) is 102 Å². The lowest BCUT2D eigenvalue weighted by Crippen LogP contribution is -2.40. The minimum atomic E-state index is -0.754. The number of allylic oxidation sites excluding steroid dienone is 1. The van der Waals surface area contributed by atoms with Crippen LogP contribution in [0.2, 0.25) is 0 Å². The van der Waals surface area contributed by atoms with Gasteiger partial charge in [0.25, 0.3) is 5.56 Å². The van der Waals surface area contributed by atoms with E-state index < -0.39 is 12.0 Å². The fourth-order valence-electron chi connectivity index (χ4n) is 3.84. The number of halogens is 1. The molecule has 1 aromatic heterocycles. The van der Waals surface area contributed by atoms with Gasteiger partial charge in [0, 0.05) is 4.47 Å². The van der Waals surface area contributed by atoms with Gasteiger partial charge in [0.15, 0.2) is 16.3 Å². The van der Waals surface area contributed by atoms with E-state index in [1.807, 2.05) is 30.3 Å². The first kappa shape index (κ1) is 24.7. The first-order chi connectivity index (χ1) is 16.9. The highest BCUT2D eigenvalue weighted by Gasteiger charge is 2.34. The number of esters is 1. The summed E-state index contributed by atoms with van der Waals surface area (Å²) >= 11 is 4.70. The van der Waals surface area contributed by atoms with E-state index in [0.717, 1.165) is 10.0 Å². The topological polar surface area (TPSA) is 79.1 Å². The fourth-order valence-corrected chi connectivity index (χ4v) is 5.15. The summed E-state index contributed by atoms with van der Waals surface area (Å²) in [5.74, 6) is 0.457. The first-order valence-electron chi connectivity index (χ1n) is 10.7. The van der Waals surface area contributed by atoms with Crippen molar-refractivity contribution in [1.29, 1.82) is 0 Å². The summed E-state index contributed by atoms with van der Waals surface area (Å²) in [6.07, 6.45) is 3.31. The third-order valence-corrected chi connectivity index (χ3v) is 6.98. The molecule has 4 rings (SSSR count). The maximum atomic E-state index is 13.7. The van der Waals surface area contributed by atoms with Crippen LogP contribution in [0.25, 0.3) is 6.08 Å². The zero-order valence-electron chi connectivity index (χ0n) is 19.4. The SMILES string of the molecule is C=CCOC(=O)C1=C(C)N=c2sc(=Cc3ccc(Br)cc3)c(=O)n2C1c1ccc(OC)c(OC)c1. The van der Waals surface area contributed by atoms with Crippen molar-refractivity contribution in [3.8, 4) is 11.5 Å². The van der Waals surface area contributed by atoms with Gasteiger partial charge in [0.2, 0.25) is 0 Å². The van der Waals surface area contributed by atoms with Crippen molar-refractivity contribution < 1.29 is 19.0 Å². The molecule has 1 aliphatic rings. The Morgan fingerprint density at radius 1 is 1.17 bits per heavy atom. The maximum Gasteiger partial charge on any atom is 0.338 e. The second kappa shape index (κ2) is 10.5. The van der Waals surface area contributed by atoms with Gasteiger partial charge in [-0.3, -0.25) is 9.36 Å². The van der Waals surface area contributed by atoms with E-state index in [2.05, 4.69) is 27.5 Å². The number of hydrogen-bond donors (Lipinski definition) is 0. The second-order valence-electron chi connectivity index (χ2n) is 7.63. The number of hydrogen-bond acceptors (Lipinski definition) is 7. The molecule has 2 aromatic carbocycles. The lowest BCUT2D eigenvalue weighted by Gasteiger charge is -2.25. The number of rotatable bonds is 7. The number of aromatic nitrogens is 1. The van der Waals surface area contributed by atoms with E-state index in [9.17, 15) is 9.59 Å². The molecule has 0 bridgehead atoms. The number of fused-ring (bicyclic) bond motifs is 1. The average Bonchev–Trinajstić information content (AvgIpc) is 3.16. The molecule has 1 atom stereocenters. The van der Waals surface area contributed by atoms with Crippen LogP contribution in [0, 0.1) is 0 Å². The average molecular weight is 555 g/mol. The van der Waals surface area contributed by atoms with Gasteiger partial charge in [0.1, 0.15) is 6.61 Å². The number of methoxy groups -OCH3 is 2. The van der Waals surface area contributed by atoms with Crippen LogP contribution in [0.3, 0.4) is 0 Å². The monoisotopic (exact) mass is 554 g/mol. The molecule has 35 heavy (non-hydrogen) atoms. The first-order valence-corrected chi connectivity index (χ1v) is 12.3. The van der Waals surface area contributed by atoms with Gasteiger partial charge in [-0.25, -0.2) is 9.79 Å². The van der Waals surface area contributed by atoms with Crippen LogP contribution < -0.4 is 24.4 Å². The maximum absolute atomic E-state index is 13.7. The van der Waals surface area contributed by atoms with Crippen LogP contribution in [0.5, 0.6) is 11.5 Å². The number of nitrogens with zero attached hydrogens (tertiary/aromatic N) is 2. The van der Waals surface area contributed by atoms with Gasteiger partial charge in [0.05, 0.1) is 36.1 Å². The number of thiazole rings is 1. The summed E-state index contributed by atoms with van der Waals surface area (Å²) in [5.41, 5.74) is 2.05. The third kappa shape index (κ3) is 4.87. The van der Waals surface area contributed by atoms with Crippen LogP contribution in [-0.4, -0.2) is 31.4 Å². The molecule has 0 fully saturated rings. The summed E-state index contributed by atoms with van der Waals surface area (Å²) in [7, 11) is 3.08. The van der Waals surface area contributed by atoms with Crippen molar-refractivity contribution in [1.82, 2.24) is 4.57 Å². The Morgan fingerprint density at radius 2 is 1.89 bits per heavy atom. The van der Waals surface area contributed by atoms with Crippen LogP contribution in [0.1, 0.15) is 24.1 Å². The Labute approximate surface area is 214 Å². The van der Waals surface area contributed by atoms with E-state index in [1.54, 1.807) is 32.2 Å². The summed E-state index contributed by atoms with van der Waals surface area (Å²) in [6.45, 7) is 5.39. The van der Waals surface area contributed by atoms with Crippen molar-refractivity contribution in [3.63, 3.8) is 0 Å². The van der Waals surface area contributed by atoms with Gasteiger partial charge in [-0.15, -0.1) is 0 Å². The molecule has 0 saturated heterocycles. The standard InChI is InChI=1S/C26H23BrN2O5S/c1-5-12-34-25(31)22-15(2)28-26-29(23(22)17-8-11-19(32-3)20(14-17)33-4)24(30)21(35-26)13-16-6-9-18(27)10-7-16/h5-11,13-14,23H,1,12H2,2-4H3. The molecule has 2 heterocycles. The zero-order valence-corrected chi connectivity index (χ0v) is 21.8. The van der Waals surface area contributed by atoms with Crippen LogP contribution in [-0.2, 0) is 9.53 Å². The van der Waals surface area contributed by atoms with Crippen molar-refractivity contribution >= 4 is 39.3 Å². The Morgan fingerprint density at radius 3 is 2.54 bits per heavy atom. The Bertz CT molecular complexity index is 1500. The molecule has 7 nitrogen and oxygen atoms in total. The third-order valence-electron chi connectivity index (χ3n) is 5.46. The number of ether oxygens (including phenoxy) is 3. The Hall–Kier alpha value is -3.43. The molecule has 0 saturated carbocycles. The zero-order chi connectivity index (χ0) is 25.1. The lowest BCUT2D eigenvalue weighted by molar-refractivity contribution is -0.138. The summed E-state index contributed by atoms with van der Waals surface area (Å²) in [4.78, 5) is 31.9. The normalized spacial score (nSPS) is 15.3. The predicted octanol–water partition coefficient (Wildman–Crippen LogP) is 3.74. The highest BCUT2D eigenvalue weighted by atomic mass is 79.9. The molecule has 3 aromatic rings. The van der Waals surface area contributed by atoms with Crippen LogP contribution in [0.15, 0.2) is 80.6 Å². The van der Waals surface area contributed by atoms with Crippen LogP contribution in [0.4, 0.5) is 0 Å². The quantitative estimate of drug-likeness (QED) is 0.328. The number of carbonyl (C=O) groups excluding carboxylic acids is 1. The molecular formula is C26H23BrN2O5S. The van der Waals surface area contributed by atoms with Crippen LogP contribution >= 0.6 is 27.3 Å². The highest BCUT2D eigenvalue weighted by Crippen LogP contribution is 2.36. The van der Waals surface area contributed by atoms with Crippen molar-refractivity contribution in [2.24, 2.45) is 4.99 Å². The minimum absolute atomic E-state index is 0.0439. The Kier molecular flexibility index (Phi) is 7.37. The van der Waals surface area contributed by atoms with Crippen molar-refractivity contribution in [2.45, 2.75) is 13.0 Å². The van der Waals surface area contributed by atoms with Gasteiger partial charge < -0.3 is 14.2 Å². The van der Waals surface area contributed by atoms with E-state index in [1.165, 1.54) is 29.1 Å². The summed E-state index contributed by atoms with van der Waals surface area (Å²) in [6, 6.07) is 12.2. The summed E-state index contributed by atoms with van der Waals surface area (Å²) < 4.78 is 19.2. The molecule has 9 heteroatoms. The fraction of sp³-hybridized carbons (Fsp3) is 0.192. The van der Waals surface area contributed by atoms with Gasteiger partial charge in [-0.1, -0.05) is 58.1 Å². The van der Waals surface area contributed by atoms with E-state index in [0.29, 0.717) is 32.1 Å². The molecule has 0 aliphatic carbocycles. The molecule has 0 amide bonds. The van der Waals surface area contributed by atoms with Gasteiger partial charge in [-0.05, 0) is 48.4 Å². The Balaban J connectivity index is 1.95. The minimum Gasteiger partial charge on any atom is -0.493 e. The van der Waals surface area contributed by atoms with E-state index in [4.69, 9.17) is 14.2 Å². The molecule has 1 aliphatic heterocycles. The number of benzene rings is 2. The van der Waals surface area contributed by atoms with E-state index >= 15 is 0 Å². The van der Waals surface area contributed by atoms with Gasteiger partial charge in [-0.2, -0.15) is 0 Å². The molecule has 1 unspecified atom stereocenters. The summed E-state index contributed by atoms with van der Waals surface area (Å²) in [5, 5.41) is 0. The molecule has 0 spiro atoms. The van der Waals surface area contributed by atoms with Gasteiger partial charge >= 0.3 is 5.97 Å².